The number of nitrogens with zero attached hydrogens (tertiary/aromatic N) is 8. The maximum atomic E-state index is 13.3. The van der Waals surface area contributed by atoms with E-state index in [-0.39, 0.29) is 29.8 Å². The highest BCUT2D eigenvalue weighted by molar-refractivity contribution is 6.22. The molecule has 0 spiro atoms. The number of pyridine rings is 1. The van der Waals surface area contributed by atoms with Crippen LogP contribution in [0.3, 0.4) is 0 Å². The molecular formula is C43H46ClF2N11O6. The summed E-state index contributed by atoms with van der Waals surface area (Å²) in [6.45, 7) is 8.33. The number of benzene rings is 2. The number of amides is 6. The number of halogens is 3. The molecule has 7 heterocycles. The Morgan fingerprint density at radius 1 is 0.825 bits per heavy atom. The van der Waals surface area contributed by atoms with Gasteiger partial charge in [-0.05, 0) is 86.2 Å². The van der Waals surface area contributed by atoms with Crippen LogP contribution in [0.15, 0.2) is 67.0 Å². The molecule has 2 aromatic carbocycles. The van der Waals surface area contributed by atoms with E-state index in [1.54, 1.807) is 30.6 Å². The lowest BCUT2D eigenvalue weighted by molar-refractivity contribution is -0.122. The summed E-state index contributed by atoms with van der Waals surface area (Å²) >= 11 is 4.85. The normalized spacial score (nSPS) is 19.7. The average Bonchev–Trinajstić information content (AvgIpc) is 3.91. The zero-order valence-electron chi connectivity index (χ0n) is 34.3. The number of anilines is 3. The first-order valence-electron chi connectivity index (χ1n) is 21.1. The van der Waals surface area contributed by atoms with Gasteiger partial charge in [-0.15, -0.1) is 8.78 Å². The summed E-state index contributed by atoms with van der Waals surface area (Å²) < 4.78 is 30.3. The van der Waals surface area contributed by atoms with Crippen LogP contribution in [0.2, 0.25) is 0 Å². The number of imide groups is 2. The van der Waals surface area contributed by atoms with Crippen molar-refractivity contribution in [2.45, 2.75) is 43.7 Å². The lowest BCUT2D eigenvalue weighted by Gasteiger charge is -2.44. The number of piperidine rings is 2. The van der Waals surface area contributed by atoms with Crippen molar-refractivity contribution in [3.8, 4) is 17.0 Å². The first kappa shape index (κ1) is 42.1. The van der Waals surface area contributed by atoms with Crippen molar-refractivity contribution in [3.63, 3.8) is 0 Å². The molecule has 63 heavy (non-hydrogen) atoms. The van der Waals surface area contributed by atoms with Crippen molar-refractivity contribution in [3.05, 3.63) is 83.7 Å². The molecule has 5 aliphatic heterocycles. The summed E-state index contributed by atoms with van der Waals surface area (Å²) in [5.74, 6) is -0.815. The topological polar surface area (TPSA) is 180 Å². The number of hydrazine groups is 1. The number of H-pyrrole nitrogens is 1. The van der Waals surface area contributed by atoms with E-state index in [4.69, 9.17) is 16.6 Å². The van der Waals surface area contributed by atoms with Crippen LogP contribution < -0.4 is 25.2 Å². The number of alkyl halides is 3. The van der Waals surface area contributed by atoms with Gasteiger partial charge in [0.25, 0.3) is 17.7 Å². The van der Waals surface area contributed by atoms with Crippen molar-refractivity contribution >= 4 is 58.5 Å². The number of rotatable bonds is 11. The third kappa shape index (κ3) is 9.17. The molecule has 0 radical (unpaired) electrons. The Labute approximate surface area is 366 Å². The van der Waals surface area contributed by atoms with Crippen LogP contribution in [0.1, 0.15) is 63.2 Å². The lowest BCUT2D eigenvalue weighted by Crippen LogP contribution is -2.58. The third-order valence-electron chi connectivity index (χ3n) is 12.6. The first-order valence-corrected chi connectivity index (χ1v) is 21.5. The van der Waals surface area contributed by atoms with Crippen LogP contribution in [-0.4, -0.2) is 142 Å². The molecule has 4 aromatic rings. The number of hydrogen-bond acceptors (Lipinski definition) is 12. The van der Waals surface area contributed by atoms with Crippen LogP contribution in [0, 0.1) is 5.92 Å². The van der Waals surface area contributed by atoms with E-state index in [0.29, 0.717) is 28.9 Å². The molecule has 9 rings (SSSR count). The molecular weight excluding hydrogens is 840 g/mol. The third-order valence-corrected chi connectivity index (χ3v) is 12.6. The number of aromatic nitrogens is 3. The van der Waals surface area contributed by atoms with Gasteiger partial charge in [0.05, 0.1) is 28.9 Å². The summed E-state index contributed by atoms with van der Waals surface area (Å²) in [6.07, 6.45) is 7.26. The summed E-state index contributed by atoms with van der Waals surface area (Å²) in [6, 6.07) is 14.0. The fraction of sp³-hybridized carbons (Fsp3) is 0.419. The van der Waals surface area contributed by atoms with Gasteiger partial charge in [0.2, 0.25) is 5.91 Å². The SMILES string of the molecule is O=C1CCN(N2C(=O)c3ccc(N4CCC(CN5CCN(C6CCN(c7ncc(C(=O)Nc8ccc(OC(F)(F)Cl)cc8)cc7-c7cc[nH]n7)CC6)CC5)CC4)cc3C2=O)C(=O)N1. The summed E-state index contributed by atoms with van der Waals surface area (Å²) in [7, 11) is 0. The van der Waals surface area contributed by atoms with Crippen LogP contribution in [0.25, 0.3) is 11.3 Å². The summed E-state index contributed by atoms with van der Waals surface area (Å²) in [4.78, 5) is 78.2. The number of aromatic amines is 1. The molecule has 4 fully saturated rings. The van der Waals surface area contributed by atoms with E-state index in [1.165, 1.54) is 24.3 Å². The minimum atomic E-state index is -3.84. The van der Waals surface area contributed by atoms with Crippen LogP contribution in [0.5, 0.6) is 5.75 Å². The van der Waals surface area contributed by atoms with E-state index < -0.39 is 35.2 Å². The predicted molar refractivity (Wildman–Crippen MR) is 228 cm³/mol. The molecule has 2 aromatic heterocycles. The van der Waals surface area contributed by atoms with Crippen LogP contribution in [-0.2, 0) is 4.79 Å². The molecule has 4 saturated heterocycles. The maximum absolute atomic E-state index is 13.3. The molecule has 6 amide bonds. The standard InChI is InChI=1S/C43H46ClF2N11O6/c44-43(45,46)63-32-4-1-29(2-5-32)49-39(59)28-23-35(36-7-13-48-51-36)38(47-25-28)55-16-10-30(11-17-55)54-21-19-52(20-22-54)26-27-8-14-53(15-9-27)31-3-6-33-34(24-31)41(61)57(40(33)60)56-18-12-37(58)50-42(56)62/h1-7,13,23-25,27,30H,8-12,14-22,26H2,(H,48,51)(H,49,59)(H,50,58,62). The number of hydrogen-bond donors (Lipinski definition) is 3. The van der Waals surface area contributed by atoms with E-state index in [2.05, 4.69) is 45.2 Å². The van der Waals surface area contributed by atoms with Crippen molar-refractivity contribution in [1.29, 1.82) is 0 Å². The number of carbonyl (C=O) groups is 5. The Balaban J connectivity index is 0.738. The average molecular weight is 886 g/mol. The highest BCUT2D eigenvalue weighted by Gasteiger charge is 2.43. The van der Waals surface area contributed by atoms with Crippen molar-refractivity contribution < 1.29 is 37.5 Å². The quantitative estimate of drug-likeness (QED) is 0.138. The van der Waals surface area contributed by atoms with Gasteiger partial charge in [0.1, 0.15) is 11.6 Å². The number of urea groups is 1. The summed E-state index contributed by atoms with van der Waals surface area (Å²) in [5, 5.41) is 14.0. The Morgan fingerprint density at radius 2 is 1.54 bits per heavy atom. The molecule has 20 heteroatoms. The molecule has 330 valence electrons. The van der Waals surface area contributed by atoms with Crippen molar-refractivity contribution in [2.24, 2.45) is 5.92 Å². The van der Waals surface area contributed by atoms with Gasteiger partial charge in [0, 0.05) is 112 Å². The van der Waals surface area contributed by atoms with Gasteiger partial charge in [-0.25, -0.2) is 14.8 Å². The van der Waals surface area contributed by atoms with Gasteiger partial charge in [-0.2, -0.15) is 10.1 Å². The zero-order chi connectivity index (χ0) is 43.8. The molecule has 0 aliphatic carbocycles. The second-order valence-corrected chi connectivity index (χ2v) is 16.9. The van der Waals surface area contributed by atoms with Crippen LogP contribution >= 0.6 is 11.6 Å². The van der Waals surface area contributed by atoms with Gasteiger partial charge in [-0.3, -0.25) is 34.5 Å². The molecule has 0 unspecified atom stereocenters. The number of nitrogens with one attached hydrogen (secondary N) is 3. The van der Waals surface area contributed by atoms with Gasteiger partial charge >= 0.3 is 11.6 Å². The Kier molecular flexibility index (Phi) is 11.7. The number of fused-ring (bicyclic) bond motifs is 1. The van der Waals surface area contributed by atoms with E-state index in [1.807, 2.05) is 12.1 Å². The molecule has 0 bridgehead atoms. The van der Waals surface area contributed by atoms with E-state index in [9.17, 15) is 32.8 Å². The summed E-state index contributed by atoms with van der Waals surface area (Å²) in [5.41, 5.74) is -0.354. The monoisotopic (exact) mass is 885 g/mol. The second-order valence-electron chi connectivity index (χ2n) is 16.4. The number of ether oxygens (including phenoxy) is 1. The molecule has 0 atom stereocenters. The highest BCUT2D eigenvalue weighted by Crippen LogP contribution is 2.34. The van der Waals surface area contributed by atoms with E-state index >= 15 is 0 Å². The Hall–Kier alpha value is -6.18. The minimum Gasteiger partial charge on any atom is -0.420 e. The molecule has 3 N–H and O–H groups in total. The number of piperazine rings is 1. The van der Waals surface area contributed by atoms with E-state index in [0.717, 1.165) is 112 Å². The second kappa shape index (κ2) is 17.5. The lowest BCUT2D eigenvalue weighted by atomic mass is 9.95. The largest absolute Gasteiger partial charge is 0.487 e. The van der Waals surface area contributed by atoms with Crippen molar-refractivity contribution in [2.75, 3.05) is 80.6 Å². The smallest absolute Gasteiger partial charge is 0.420 e. The molecule has 5 aliphatic rings. The van der Waals surface area contributed by atoms with Crippen LogP contribution in [0.4, 0.5) is 30.8 Å². The Bertz CT molecular complexity index is 2380. The van der Waals surface area contributed by atoms with Gasteiger partial charge in [0.15, 0.2) is 0 Å². The predicted octanol–water partition coefficient (Wildman–Crippen LogP) is 4.85. The zero-order valence-corrected chi connectivity index (χ0v) is 35.0. The first-order chi connectivity index (χ1) is 30.4. The molecule has 17 nitrogen and oxygen atoms in total. The minimum absolute atomic E-state index is 0.0117. The maximum Gasteiger partial charge on any atom is 0.487 e. The number of carbonyl (C=O) groups excluding carboxylic acids is 5. The Morgan fingerprint density at radius 3 is 2.22 bits per heavy atom. The fourth-order valence-electron chi connectivity index (χ4n) is 9.25. The highest BCUT2D eigenvalue weighted by atomic mass is 35.5. The molecule has 0 saturated carbocycles. The fourth-order valence-corrected chi connectivity index (χ4v) is 9.34. The van der Waals surface area contributed by atoms with Gasteiger partial charge in [-0.1, -0.05) is 0 Å². The van der Waals surface area contributed by atoms with Crippen molar-refractivity contribution in [1.82, 2.24) is 40.3 Å². The van der Waals surface area contributed by atoms with Gasteiger partial charge < -0.3 is 24.8 Å².